The summed E-state index contributed by atoms with van der Waals surface area (Å²) in [6.07, 6.45) is 1.60. The molecule has 0 atom stereocenters. The Labute approximate surface area is 81.8 Å². The van der Waals surface area contributed by atoms with Crippen LogP contribution in [0, 0.1) is 0 Å². The summed E-state index contributed by atoms with van der Waals surface area (Å²) in [7, 11) is 1.29. The van der Waals surface area contributed by atoms with Crippen LogP contribution >= 0.6 is 0 Å². The molecule has 0 radical (unpaired) electrons. The van der Waals surface area contributed by atoms with E-state index in [1.807, 2.05) is 0 Å². The monoisotopic (exact) mass is 196 g/mol. The smallest absolute Gasteiger partial charge is 0.373 e. The van der Waals surface area contributed by atoms with E-state index in [-0.39, 0.29) is 12.4 Å². The Morgan fingerprint density at radius 1 is 1.57 bits per heavy atom. The van der Waals surface area contributed by atoms with E-state index in [1.54, 1.807) is 19.1 Å². The summed E-state index contributed by atoms with van der Waals surface area (Å²) in [4.78, 5) is 11.0. The largest absolute Gasteiger partial charge is 0.463 e. The molecule has 76 valence electrons. The molecule has 0 unspecified atom stereocenters. The van der Waals surface area contributed by atoms with Crippen LogP contribution in [0.3, 0.4) is 0 Å². The van der Waals surface area contributed by atoms with Crippen molar-refractivity contribution in [3.8, 4) is 0 Å². The van der Waals surface area contributed by atoms with Gasteiger partial charge in [0.05, 0.1) is 13.7 Å². The Morgan fingerprint density at radius 2 is 2.21 bits per heavy atom. The fourth-order valence-corrected chi connectivity index (χ4v) is 0.998. The highest BCUT2D eigenvalue weighted by Gasteiger charge is 2.11. The first kappa shape index (κ1) is 10.5. The van der Waals surface area contributed by atoms with Gasteiger partial charge in [-0.15, -0.1) is 0 Å². The lowest BCUT2D eigenvalue weighted by atomic mass is 10.2. The summed E-state index contributed by atoms with van der Waals surface area (Å²) in [5, 5.41) is 8.65. The minimum atomic E-state index is -0.506. The van der Waals surface area contributed by atoms with E-state index in [1.165, 1.54) is 13.2 Å². The number of aliphatic hydroxyl groups is 1. The third-order valence-corrected chi connectivity index (χ3v) is 1.78. The number of carbonyl (C=O) groups excluding carboxylic acids is 1. The number of allylic oxidation sites excluding steroid dienone is 1. The molecule has 0 fully saturated rings. The van der Waals surface area contributed by atoms with Crippen LogP contribution in [0.1, 0.15) is 23.2 Å². The molecule has 0 aliphatic rings. The zero-order valence-electron chi connectivity index (χ0n) is 8.11. The van der Waals surface area contributed by atoms with Crippen LogP contribution in [-0.4, -0.2) is 24.8 Å². The average molecular weight is 196 g/mol. The van der Waals surface area contributed by atoms with Crippen molar-refractivity contribution >= 4 is 11.5 Å². The zero-order valence-corrected chi connectivity index (χ0v) is 8.11. The van der Waals surface area contributed by atoms with E-state index >= 15 is 0 Å². The summed E-state index contributed by atoms with van der Waals surface area (Å²) in [5.74, 6) is 0.209. The molecule has 0 bridgehead atoms. The Morgan fingerprint density at radius 3 is 2.79 bits per heavy atom. The molecule has 0 aliphatic carbocycles. The maximum atomic E-state index is 11.0. The minimum Gasteiger partial charge on any atom is -0.463 e. The van der Waals surface area contributed by atoms with Gasteiger partial charge in [-0.1, -0.05) is 6.08 Å². The van der Waals surface area contributed by atoms with Crippen molar-refractivity contribution in [1.29, 1.82) is 0 Å². The summed E-state index contributed by atoms with van der Waals surface area (Å²) in [5.41, 5.74) is 0.780. The van der Waals surface area contributed by atoms with Crippen LogP contribution in [0.4, 0.5) is 0 Å². The van der Waals surface area contributed by atoms with Crippen molar-refractivity contribution in [2.75, 3.05) is 13.7 Å². The Kier molecular flexibility index (Phi) is 3.48. The molecule has 0 saturated heterocycles. The lowest BCUT2D eigenvalue weighted by Crippen LogP contribution is -1.98. The Balaban J connectivity index is 2.88. The number of aliphatic hydroxyl groups excluding tert-OH is 1. The van der Waals surface area contributed by atoms with Crippen molar-refractivity contribution in [2.24, 2.45) is 0 Å². The molecule has 0 amide bonds. The first-order valence-electron chi connectivity index (χ1n) is 4.15. The van der Waals surface area contributed by atoms with E-state index in [4.69, 9.17) is 9.52 Å². The van der Waals surface area contributed by atoms with Gasteiger partial charge >= 0.3 is 5.97 Å². The summed E-state index contributed by atoms with van der Waals surface area (Å²) < 4.78 is 9.68. The number of furan rings is 1. The van der Waals surface area contributed by atoms with E-state index in [0.29, 0.717) is 5.76 Å². The number of methoxy groups -OCH3 is 1. The first-order chi connectivity index (χ1) is 6.69. The zero-order chi connectivity index (χ0) is 10.6. The number of rotatable bonds is 3. The van der Waals surface area contributed by atoms with Crippen LogP contribution < -0.4 is 0 Å². The van der Waals surface area contributed by atoms with E-state index in [9.17, 15) is 4.79 Å². The second-order valence-electron chi connectivity index (χ2n) is 2.73. The molecule has 4 nitrogen and oxygen atoms in total. The van der Waals surface area contributed by atoms with Crippen LogP contribution in [0.15, 0.2) is 22.6 Å². The van der Waals surface area contributed by atoms with E-state index < -0.39 is 5.97 Å². The molecule has 1 aromatic heterocycles. The summed E-state index contributed by atoms with van der Waals surface area (Å²) in [6, 6.07) is 3.20. The molecule has 0 saturated carbocycles. The van der Waals surface area contributed by atoms with E-state index in [2.05, 4.69) is 4.74 Å². The first-order valence-corrected chi connectivity index (χ1v) is 4.15. The molecular formula is C10H12O4. The van der Waals surface area contributed by atoms with Crippen LogP contribution in [0.5, 0.6) is 0 Å². The van der Waals surface area contributed by atoms with Gasteiger partial charge in [0.15, 0.2) is 0 Å². The lowest BCUT2D eigenvalue weighted by molar-refractivity contribution is 0.0564. The van der Waals surface area contributed by atoms with Crippen molar-refractivity contribution in [3.63, 3.8) is 0 Å². The van der Waals surface area contributed by atoms with Gasteiger partial charge in [-0.05, 0) is 24.6 Å². The van der Waals surface area contributed by atoms with E-state index in [0.717, 1.165) is 5.57 Å². The van der Waals surface area contributed by atoms with Gasteiger partial charge in [0.2, 0.25) is 5.76 Å². The minimum absolute atomic E-state index is 0.0555. The van der Waals surface area contributed by atoms with Gasteiger partial charge < -0.3 is 14.3 Å². The van der Waals surface area contributed by atoms with Crippen molar-refractivity contribution < 1.29 is 19.1 Å². The SMILES string of the molecule is COC(=O)c1ccc(/C(C)=C/CO)o1. The van der Waals surface area contributed by atoms with Gasteiger partial charge in [-0.25, -0.2) is 4.79 Å². The highest BCUT2D eigenvalue weighted by molar-refractivity contribution is 5.86. The highest BCUT2D eigenvalue weighted by atomic mass is 16.5. The van der Waals surface area contributed by atoms with Gasteiger partial charge in [-0.2, -0.15) is 0 Å². The van der Waals surface area contributed by atoms with Crippen molar-refractivity contribution in [2.45, 2.75) is 6.92 Å². The molecule has 1 aromatic rings. The molecular weight excluding hydrogens is 184 g/mol. The second kappa shape index (κ2) is 4.62. The van der Waals surface area contributed by atoms with Gasteiger partial charge in [0, 0.05) is 0 Å². The molecule has 0 aliphatic heterocycles. The van der Waals surface area contributed by atoms with Gasteiger partial charge in [0.25, 0.3) is 0 Å². The Hall–Kier alpha value is -1.55. The van der Waals surface area contributed by atoms with Crippen LogP contribution in [0.25, 0.3) is 5.57 Å². The fraction of sp³-hybridized carbons (Fsp3) is 0.300. The second-order valence-corrected chi connectivity index (χ2v) is 2.73. The predicted octanol–water partition coefficient (Wildman–Crippen LogP) is 1.46. The third-order valence-electron chi connectivity index (χ3n) is 1.78. The number of esters is 1. The number of hydrogen-bond acceptors (Lipinski definition) is 4. The summed E-state index contributed by atoms with van der Waals surface area (Å²) in [6.45, 7) is 1.73. The number of carbonyl (C=O) groups is 1. The Bertz CT molecular complexity index is 349. The molecule has 1 heterocycles. The van der Waals surface area contributed by atoms with Crippen molar-refractivity contribution in [1.82, 2.24) is 0 Å². The number of ether oxygens (including phenoxy) is 1. The third kappa shape index (κ3) is 2.23. The average Bonchev–Trinajstić information content (AvgIpc) is 2.66. The topological polar surface area (TPSA) is 59.7 Å². The lowest BCUT2D eigenvalue weighted by Gasteiger charge is -1.95. The van der Waals surface area contributed by atoms with Gasteiger partial charge in [0.1, 0.15) is 5.76 Å². The standard InChI is InChI=1S/C10H12O4/c1-7(5-6-11)8-3-4-9(14-8)10(12)13-2/h3-5,11H,6H2,1-2H3/b7-5+. The molecule has 0 spiro atoms. The molecule has 4 heteroatoms. The highest BCUT2D eigenvalue weighted by Crippen LogP contribution is 2.17. The molecule has 14 heavy (non-hydrogen) atoms. The fourth-order valence-electron chi connectivity index (χ4n) is 0.998. The molecule has 1 rings (SSSR count). The van der Waals surface area contributed by atoms with Gasteiger partial charge in [-0.3, -0.25) is 0 Å². The van der Waals surface area contributed by atoms with Crippen molar-refractivity contribution in [3.05, 3.63) is 29.7 Å². The maximum absolute atomic E-state index is 11.0. The number of hydrogen-bond donors (Lipinski definition) is 1. The molecule has 0 aromatic carbocycles. The maximum Gasteiger partial charge on any atom is 0.373 e. The molecule has 1 N–H and O–H groups in total. The van der Waals surface area contributed by atoms with Crippen LogP contribution in [0.2, 0.25) is 0 Å². The predicted molar refractivity (Wildman–Crippen MR) is 50.8 cm³/mol. The summed E-state index contributed by atoms with van der Waals surface area (Å²) >= 11 is 0. The quantitative estimate of drug-likeness (QED) is 0.743. The normalized spacial score (nSPS) is 11.5. The van der Waals surface area contributed by atoms with Crippen LogP contribution in [-0.2, 0) is 4.74 Å².